The van der Waals surface area contributed by atoms with Gasteiger partial charge in [0.2, 0.25) is 0 Å². The molecule has 2 aliphatic heterocycles. The van der Waals surface area contributed by atoms with Crippen molar-refractivity contribution in [3.05, 3.63) is 0 Å². The molecule has 2 saturated heterocycles. The van der Waals surface area contributed by atoms with Crippen LogP contribution in [0.2, 0.25) is 0 Å². The molecule has 5 unspecified atom stereocenters. The number of hydrogen-bond donors (Lipinski definition) is 7. The number of esters is 1. The number of aliphatic hydroxyl groups is 3. The molecule has 20 nitrogen and oxygen atoms in total. The van der Waals surface area contributed by atoms with E-state index < -0.39 is 99.7 Å². The second kappa shape index (κ2) is 29.2. The maximum Gasteiger partial charge on any atom is 0.325 e. The Balaban J connectivity index is 1.01. The highest BCUT2D eigenvalue weighted by molar-refractivity contribution is 7.51. The van der Waals surface area contributed by atoms with Crippen molar-refractivity contribution >= 4 is 13.6 Å². The third-order valence-electron chi connectivity index (χ3n) is 9.35. The van der Waals surface area contributed by atoms with Gasteiger partial charge in [-0.3, -0.25) is 9.36 Å². The van der Waals surface area contributed by atoms with Gasteiger partial charge in [-0.05, 0) is 6.42 Å². The van der Waals surface area contributed by atoms with Crippen molar-refractivity contribution in [1.82, 2.24) is 16.0 Å². The van der Waals surface area contributed by atoms with Gasteiger partial charge in [-0.15, -0.1) is 0 Å². The molecule has 10 atom stereocenters. The second-order valence-corrected chi connectivity index (χ2v) is 15.7. The average molecular weight is 910 g/mol. The molecule has 26 heteroatoms. The summed E-state index contributed by atoms with van der Waals surface area (Å²) in [6.07, 6.45) is -24.4. The summed E-state index contributed by atoms with van der Waals surface area (Å²) in [5, 5.41) is 32.7. The van der Waals surface area contributed by atoms with Crippen molar-refractivity contribution in [3.63, 3.8) is 0 Å². The van der Waals surface area contributed by atoms with Gasteiger partial charge in [-0.25, -0.2) is 32.4 Å². The average Bonchev–Trinajstić information content (AvgIpc) is 3.69. The van der Waals surface area contributed by atoms with Crippen LogP contribution in [-0.2, 0) is 56.7 Å². The first-order valence-electron chi connectivity index (χ1n) is 19.7. The zero-order valence-corrected chi connectivity index (χ0v) is 34.1. The summed E-state index contributed by atoms with van der Waals surface area (Å²) in [4.78, 5) is 30.0. The van der Waals surface area contributed by atoms with Crippen molar-refractivity contribution in [2.24, 2.45) is 0 Å². The number of aliphatic hydroxyl groups excluding tert-OH is 3. The molecular weight excluding hydrogens is 848 g/mol. The monoisotopic (exact) mass is 909 g/mol. The molecule has 0 amide bonds. The van der Waals surface area contributed by atoms with Crippen LogP contribution in [0.5, 0.6) is 0 Å². The van der Waals surface area contributed by atoms with Crippen LogP contribution in [0.25, 0.3) is 0 Å². The Morgan fingerprint density at radius 2 is 1.03 bits per heavy atom. The molecule has 7 N–H and O–H groups in total. The Bertz CT molecular complexity index is 1200. The van der Waals surface area contributed by atoms with E-state index in [0.717, 1.165) is 0 Å². The summed E-state index contributed by atoms with van der Waals surface area (Å²) < 4.78 is 132. The van der Waals surface area contributed by atoms with Crippen LogP contribution in [0.4, 0.5) is 22.0 Å². The van der Waals surface area contributed by atoms with E-state index in [1.165, 1.54) is 0 Å². The SMILES string of the molecule is O=C(CCOCCOCCOCCOCCOCCOCCOCCOCCN1CC([C@H]2O[C@H](CCP(=O)(O)O)[C@@H](O)[C@H](O)[C@@H]2O)NN1)OC1C(F)C(F)C(F)C(F)C1F. The number of nitrogens with one attached hydrogen (secondary N) is 2. The Labute approximate surface area is 344 Å². The van der Waals surface area contributed by atoms with Crippen molar-refractivity contribution in [2.75, 3.05) is 125 Å². The van der Waals surface area contributed by atoms with Gasteiger partial charge < -0.3 is 72.5 Å². The molecule has 0 spiro atoms. The Hall–Kier alpha value is -1.33. The zero-order chi connectivity index (χ0) is 43.9. The van der Waals surface area contributed by atoms with Crippen LogP contribution in [0.3, 0.4) is 0 Å². The Morgan fingerprint density at radius 3 is 1.48 bits per heavy atom. The first-order valence-corrected chi connectivity index (χ1v) is 21.5. The van der Waals surface area contributed by atoms with E-state index in [-0.39, 0.29) is 32.8 Å². The lowest BCUT2D eigenvalue weighted by atomic mass is 9.89. The first kappa shape index (κ1) is 53.0. The number of ether oxygens (including phenoxy) is 10. The number of nitrogens with zero attached hydrogens (tertiary/aromatic N) is 1. The molecule has 354 valence electrons. The molecule has 1 aliphatic carbocycles. The van der Waals surface area contributed by atoms with Crippen LogP contribution in [0, 0.1) is 0 Å². The Kier molecular flexibility index (Phi) is 25.8. The van der Waals surface area contributed by atoms with E-state index in [1.54, 1.807) is 5.01 Å². The summed E-state index contributed by atoms with van der Waals surface area (Å²) in [5.74, 6) is -1.14. The van der Waals surface area contributed by atoms with Crippen LogP contribution >= 0.6 is 7.60 Å². The Morgan fingerprint density at radius 1 is 0.617 bits per heavy atom. The predicted molar refractivity (Wildman–Crippen MR) is 195 cm³/mol. The molecule has 0 aromatic carbocycles. The lowest BCUT2D eigenvalue weighted by molar-refractivity contribution is -0.227. The van der Waals surface area contributed by atoms with Gasteiger partial charge >= 0.3 is 13.6 Å². The molecule has 0 aromatic rings. The van der Waals surface area contributed by atoms with Crippen molar-refractivity contribution in [1.29, 1.82) is 0 Å². The number of alkyl halides is 5. The predicted octanol–water partition coefficient (Wildman–Crippen LogP) is -1.76. The minimum absolute atomic E-state index is 0.0863. The molecule has 60 heavy (non-hydrogen) atoms. The second-order valence-electron chi connectivity index (χ2n) is 13.9. The molecule has 0 bridgehead atoms. The first-order chi connectivity index (χ1) is 28.7. The molecule has 0 radical (unpaired) electrons. The fourth-order valence-corrected chi connectivity index (χ4v) is 6.65. The van der Waals surface area contributed by atoms with Gasteiger partial charge in [0.25, 0.3) is 0 Å². The van der Waals surface area contributed by atoms with E-state index in [0.29, 0.717) is 92.4 Å². The highest BCUT2D eigenvalue weighted by atomic mass is 31.2. The fourth-order valence-electron chi connectivity index (χ4n) is 6.06. The minimum atomic E-state index is -4.34. The standard InChI is InChI=1S/C34H61F5N3O17P/c35-25-26(36)28(38)34(29(39)27(25)37)59-24(43)1-4-50-6-8-52-10-12-54-14-16-56-18-19-57-17-15-55-13-11-53-9-7-51-5-3-42-21-22(40-41-42)33-32(46)31(45)30(44)23(58-33)2-20-60(47,48)49/h22-23,25-34,40-41,44-46H,1-21H2,(H2,47,48,49)/t22?,23-,25?,26?,27?,28?,29?,30-,31+,32+,33-,34?/m1/s1. The molecule has 3 aliphatic rings. The number of hydrogen-bond acceptors (Lipinski definition) is 18. The highest BCUT2D eigenvalue weighted by Gasteiger charge is 2.55. The van der Waals surface area contributed by atoms with Gasteiger partial charge in [0.05, 0.1) is 130 Å². The molecule has 1 saturated carbocycles. The lowest BCUT2D eigenvalue weighted by Crippen LogP contribution is -2.62. The van der Waals surface area contributed by atoms with E-state index in [9.17, 15) is 46.6 Å². The van der Waals surface area contributed by atoms with Crippen LogP contribution in [-0.4, -0.2) is 235 Å². The molecular formula is C34H61F5N3O17P. The number of hydrazine groups is 2. The molecule has 3 fully saturated rings. The largest absolute Gasteiger partial charge is 0.456 e. The maximum atomic E-state index is 13.8. The topological polar surface area (TPSA) is 255 Å². The number of carbonyl (C=O) groups is 1. The third kappa shape index (κ3) is 19.6. The third-order valence-corrected chi connectivity index (χ3v) is 10.2. The van der Waals surface area contributed by atoms with Crippen molar-refractivity contribution in [2.45, 2.75) is 86.4 Å². The van der Waals surface area contributed by atoms with E-state index in [1.807, 2.05) is 0 Å². The van der Waals surface area contributed by atoms with Gasteiger partial charge in [0, 0.05) is 13.1 Å². The number of halogens is 5. The highest BCUT2D eigenvalue weighted by Crippen LogP contribution is 2.38. The molecule has 2 heterocycles. The smallest absolute Gasteiger partial charge is 0.325 e. The maximum absolute atomic E-state index is 13.8. The van der Waals surface area contributed by atoms with Gasteiger partial charge in [0.1, 0.15) is 24.4 Å². The van der Waals surface area contributed by atoms with Crippen molar-refractivity contribution < 1.29 is 104 Å². The van der Waals surface area contributed by atoms with Crippen molar-refractivity contribution in [3.8, 4) is 0 Å². The van der Waals surface area contributed by atoms with Crippen LogP contribution in [0.1, 0.15) is 12.8 Å². The normalized spacial score (nSPS) is 31.5. The lowest BCUT2D eigenvalue weighted by Gasteiger charge is -2.42. The molecule has 0 aromatic heterocycles. The minimum Gasteiger partial charge on any atom is -0.456 e. The van der Waals surface area contributed by atoms with Crippen LogP contribution < -0.4 is 11.0 Å². The van der Waals surface area contributed by atoms with E-state index >= 15 is 0 Å². The van der Waals surface area contributed by atoms with Crippen LogP contribution in [0.15, 0.2) is 0 Å². The fraction of sp³-hybridized carbons (Fsp3) is 0.971. The molecule has 3 rings (SSSR count). The van der Waals surface area contributed by atoms with E-state index in [2.05, 4.69) is 15.7 Å². The number of carbonyl (C=O) groups excluding carboxylic acids is 1. The number of rotatable bonds is 32. The zero-order valence-electron chi connectivity index (χ0n) is 33.2. The van der Waals surface area contributed by atoms with Gasteiger partial charge in [-0.2, -0.15) is 5.53 Å². The quantitative estimate of drug-likeness (QED) is 0.0171. The summed E-state index contributed by atoms with van der Waals surface area (Å²) in [5.41, 5.74) is 5.89. The summed E-state index contributed by atoms with van der Waals surface area (Å²) in [6, 6.07) is -0.485. The van der Waals surface area contributed by atoms with E-state index in [4.69, 9.17) is 52.4 Å². The summed E-state index contributed by atoms with van der Waals surface area (Å²) in [7, 11) is -4.34. The summed E-state index contributed by atoms with van der Waals surface area (Å²) in [6.45, 7) is 5.42. The summed E-state index contributed by atoms with van der Waals surface area (Å²) >= 11 is 0. The van der Waals surface area contributed by atoms with Gasteiger partial charge in [0.15, 0.2) is 37.0 Å². The van der Waals surface area contributed by atoms with Gasteiger partial charge in [-0.1, -0.05) is 0 Å².